The van der Waals surface area contributed by atoms with E-state index in [1.54, 1.807) is 21.9 Å². The van der Waals surface area contributed by atoms with E-state index in [4.69, 9.17) is 5.73 Å². The van der Waals surface area contributed by atoms with Gasteiger partial charge in [0.05, 0.1) is 18.7 Å². The number of nitrogens with two attached hydrogens (primary N) is 1. The molecule has 2 N–H and O–H groups in total. The van der Waals surface area contributed by atoms with Gasteiger partial charge < -0.3 is 10.6 Å². The number of likely N-dealkylation sites (N-methyl/N-ethyl adjacent to an activating group) is 1. The van der Waals surface area contributed by atoms with Crippen molar-refractivity contribution in [1.82, 2.24) is 24.8 Å². The maximum atomic E-state index is 12.6. The number of carbonyl (C=O) groups excluding carboxylic acids is 2. The van der Waals surface area contributed by atoms with Crippen LogP contribution < -0.4 is 5.73 Å². The highest BCUT2D eigenvalue weighted by Crippen LogP contribution is 2.37. The smallest absolute Gasteiger partial charge is 0.270 e. The van der Waals surface area contributed by atoms with Crippen LogP contribution in [0.1, 0.15) is 23.3 Å². The fourth-order valence-electron chi connectivity index (χ4n) is 3.89. The summed E-state index contributed by atoms with van der Waals surface area (Å²) in [4.78, 5) is 27.8. The Labute approximate surface area is 141 Å². The highest BCUT2D eigenvalue weighted by molar-refractivity contribution is 5.90. The summed E-state index contributed by atoms with van der Waals surface area (Å²) in [5.41, 5.74) is 5.40. The first-order valence-corrected chi connectivity index (χ1v) is 8.29. The van der Waals surface area contributed by atoms with E-state index in [0.717, 1.165) is 25.9 Å². The Kier molecular flexibility index (Phi) is 4.66. The van der Waals surface area contributed by atoms with Gasteiger partial charge in [0, 0.05) is 26.2 Å². The van der Waals surface area contributed by atoms with E-state index in [-0.39, 0.29) is 17.5 Å². The van der Waals surface area contributed by atoms with Crippen LogP contribution >= 0.6 is 0 Å². The zero-order chi connectivity index (χ0) is 17.3. The Morgan fingerprint density at radius 2 is 2.33 bits per heavy atom. The van der Waals surface area contributed by atoms with Crippen LogP contribution in [0.15, 0.2) is 18.9 Å². The molecule has 4 rings (SSSR count). The predicted molar refractivity (Wildman–Crippen MR) is 87.9 cm³/mol. The Morgan fingerprint density at radius 1 is 1.54 bits per heavy atom. The molecule has 4 atom stereocenters. The molecule has 24 heavy (non-hydrogen) atoms. The predicted octanol–water partition coefficient (Wildman–Crippen LogP) is -0.268. The second-order valence-electron chi connectivity index (χ2n) is 6.74. The van der Waals surface area contributed by atoms with Gasteiger partial charge in [0.2, 0.25) is 5.91 Å². The fraction of sp³-hybridized carbons (Fsp3) is 0.625. The highest BCUT2D eigenvalue weighted by Gasteiger charge is 2.44. The van der Waals surface area contributed by atoms with Crippen molar-refractivity contribution in [2.45, 2.75) is 25.4 Å². The lowest BCUT2D eigenvalue weighted by atomic mass is 9.75. The molecule has 0 radical (unpaired) electrons. The van der Waals surface area contributed by atoms with Crippen LogP contribution in [-0.4, -0.2) is 69.3 Å². The molecule has 0 spiro atoms. The van der Waals surface area contributed by atoms with Crippen molar-refractivity contribution >= 4 is 11.8 Å². The summed E-state index contributed by atoms with van der Waals surface area (Å²) in [7, 11) is 1.83. The van der Waals surface area contributed by atoms with Gasteiger partial charge >= 0.3 is 0 Å². The van der Waals surface area contributed by atoms with Crippen LogP contribution in [0.4, 0.5) is 0 Å². The Hall–Kier alpha value is -2.22. The molecule has 3 saturated heterocycles. The Balaban J connectivity index is 1.63. The first-order chi connectivity index (χ1) is 11.5. The van der Waals surface area contributed by atoms with Crippen molar-refractivity contribution < 1.29 is 9.59 Å². The molecule has 0 aliphatic carbocycles. The largest absolute Gasteiger partial charge is 0.364 e. The van der Waals surface area contributed by atoms with Crippen molar-refractivity contribution in [1.29, 1.82) is 0 Å². The molecule has 0 saturated carbocycles. The second-order valence-corrected chi connectivity index (χ2v) is 6.74. The van der Waals surface area contributed by atoms with Crippen LogP contribution in [0, 0.1) is 11.8 Å². The standard InChI is InChI=1S/C16H24N6O2/c1-3-5-20(2)16(24)13-9-21-6-4-11(13)7-12(21)8-22-10-14(15(17)23)18-19-22/h3,10-13H,1,4-9H2,2H3,(H2,17,23). The fourth-order valence-corrected chi connectivity index (χ4v) is 3.89. The number of rotatable bonds is 6. The lowest BCUT2D eigenvalue weighted by Gasteiger charge is -2.49. The summed E-state index contributed by atoms with van der Waals surface area (Å²) in [6.45, 7) is 6.73. The van der Waals surface area contributed by atoms with Crippen molar-refractivity contribution in [3.8, 4) is 0 Å². The molecule has 1 aromatic heterocycles. The molecule has 8 heteroatoms. The molecule has 3 aliphatic heterocycles. The number of aromatic nitrogens is 3. The molecular weight excluding hydrogens is 308 g/mol. The molecule has 130 valence electrons. The quantitative estimate of drug-likeness (QED) is 0.723. The SMILES string of the molecule is C=CCN(C)C(=O)C1CN2CCC1CC2Cn1cc(C(N)=O)nn1. The van der Waals surface area contributed by atoms with Gasteiger partial charge in [-0.25, -0.2) is 0 Å². The summed E-state index contributed by atoms with van der Waals surface area (Å²) in [6.07, 6.45) is 5.36. The Morgan fingerprint density at radius 3 is 2.92 bits per heavy atom. The first kappa shape index (κ1) is 16.6. The summed E-state index contributed by atoms with van der Waals surface area (Å²) in [5, 5.41) is 7.75. The lowest BCUT2D eigenvalue weighted by Crippen LogP contribution is -2.58. The van der Waals surface area contributed by atoms with Gasteiger partial charge in [-0.1, -0.05) is 11.3 Å². The Bertz CT molecular complexity index is 642. The van der Waals surface area contributed by atoms with E-state index in [1.807, 2.05) is 7.05 Å². The zero-order valence-electron chi connectivity index (χ0n) is 14.0. The number of hydrogen-bond acceptors (Lipinski definition) is 5. The van der Waals surface area contributed by atoms with Crippen molar-refractivity contribution in [3.63, 3.8) is 0 Å². The van der Waals surface area contributed by atoms with Crippen LogP contribution in [0.2, 0.25) is 0 Å². The topological polar surface area (TPSA) is 97.3 Å². The molecule has 3 aliphatic rings. The number of amides is 2. The maximum Gasteiger partial charge on any atom is 0.270 e. The van der Waals surface area contributed by atoms with E-state index in [2.05, 4.69) is 21.8 Å². The molecule has 8 nitrogen and oxygen atoms in total. The van der Waals surface area contributed by atoms with Gasteiger partial charge in [-0.3, -0.25) is 19.2 Å². The lowest BCUT2D eigenvalue weighted by molar-refractivity contribution is -0.142. The van der Waals surface area contributed by atoms with E-state index in [9.17, 15) is 9.59 Å². The van der Waals surface area contributed by atoms with Gasteiger partial charge in [0.25, 0.3) is 5.91 Å². The van der Waals surface area contributed by atoms with E-state index in [0.29, 0.717) is 25.0 Å². The monoisotopic (exact) mass is 332 g/mol. The van der Waals surface area contributed by atoms with Gasteiger partial charge in [0.15, 0.2) is 5.69 Å². The number of fused-ring (bicyclic) bond motifs is 3. The van der Waals surface area contributed by atoms with Crippen molar-refractivity contribution in [2.24, 2.45) is 17.6 Å². The number of hydrogen-bond donors (Lipinski definition) is 1. The number of piperidine rings is 3. The molecule has 4 unspecified atom stereocenters. The van der Waals surface area contributed by atoms with E-state index >= 15 is 0 Å². The molecular formula is C16H24N6O2. The zero-order valence-corrected chi connectivity index (χ0v) is 14.0. The third-order valence-electron chi connectivity index (χ3n) is 5.16. The van der Waals surface area contributed by atoms with Gasteiger partial charge in [-0.15, -0.1) is 11.7 Å². The van der Waals surface area contributed by atoms with Gasteiger partial charge in [-0.2, -0.15) is 0 Å². The summed E-state index contributed by atoms with van der Waals surface area (Å²) in [6, 6.07) is 0.319. The number of primary amides is 1. The minimum absolute atomic E-state index is 0.0666. The van der Waals surface area contributed by atoms with E-state index < -0.39 is 5.91 Å². The third kappa shape index (κ3) is 3.19. The number of nitrogens with zero attached hydrogens (tertiary/aromatic N) is 5. The highest BCUT2D eigenvalue weighted by atomic mass is 16.2. The van der Waals surface area contributed by atoms with Crippen LogP contribution in [0.5, 0.6) is 0 Å². The third-order valence-corrected chi connectivity index (χ3v) is 5.16. The minimum atomic E-state index is -0.567. The average molecular weight is 332 g/mol. The average Bonchev–Trinajstić information content (AvgIpc) is 3.04. The first-order valence-electron chi connectivity index (χ1n) is 8.29. The number of carbonyl (C=O) groups is 2. The summed E-state index contributed by atoms with van der Waals surface area (Å²) < 4.78 is 1.67. The normalized spacial score (nSPS) is 28.5. The minimum Gasteiger partial charge on any atom is -0.364 e. The maximum absolute atomic E-state index is 12.6. The molecule has 3 fully saturated rings. The summed E-state index contributed by atoms with van der Waals surface area (Å²) >= 11 is 0. The molecule has 4 heterocycles. The van der Waals surface area contributed by atoms with Crippen LogP contribution in [-0.2, 0) is 11.3 Å². The van der Waals surface area contributed by atoms with Crippen molar-refractivity contribution in [3.05, 3.63) is 24.5 Å². The molecule has 2 bridgehead atoms. The van der Waals surface area contributed by atoms with Crippen molar-refractivity contribution in [2.75, 3.05) is 26.7 Å². The van der Waals surface area contributed by atoms with E-state index in [1.165, 1.54) is 0 Å². The van der Waals surface area contributed by atoms with Crippen LogP contribution in [0.3, 0.4) is 0 Å². The summed E-state index contributed by atoms with van der Waals surface area (Å²) in [5.74, 6) is 0.109. The molecule has 2 amide bonds. The van der Waals surface area contributed by atoms with Crippen LogP contribution in [0.25, 0.3) is 0 Å². The molecule has 1 aromatic rings. The van der Waals surface area contributed by atoms with Gasteiger partial charge in [-0.05, 0) is 25.3 Å². The molecule has 0 aromatic carbocycles. The van der Waals surface area contributed by atoms with Gasteiger partial charge in [0.1, 0.15) is 0 Å². The second kappa shape index (κ2) is 6.72.